The maximum Gasteiger partial charge on any atom is 0.339 e. The van der Waals surface area contributed by atoms with Crippen LogP contribution in [0.25, 0.3) is 10.8 Å². The normalized spacial score (nSPS) is 10.5. The van der Waals surface area contributed by atoms with E-state index in [1.165, 1.54) is 17.9 Å². The fourth-order valence-electron chi connectivity index (χ4n) is 2.82. The number of ether oxygens (including phenoxy) is 2. The number of carbonyl (C=O) groups is 1. The Kier molecular flexibility index (Phi) is 6.09. The van der Waals surface area contributed by atoms with Crippen LogP contribution in [0.5, 0.6) is 5.75 Å². The second-order valence-corrected chi connectivity index (χ2v) is 6.03. The van der Waals surface area contributed by atoms with Gasteiger partial charge in [0.2, 0.25) is 0 Å². The summed E-state index contributed by atoms with van der Waals surface area (Å²) in [6, 6.07) is 21.8. The lowest BCUT2D eigenvalue weighted by Crippen LogP contribution is -2.10. The Hall–Kier alpha value is -3.01. The smallest absolute Gasteiger partial charge is 0.339 e. The van der Waals surface area contributed by atoms with E-state index in [4.69, 9.17) is 9.47 Å². The van der Waals surface area contributed by atoms with E-state index in [1.807, 2.05) is 36.4 Å². The number of rotatable bonds is 8. The summed E-state index contributed by atoms with van der Waals surface area (Å²) in [6.07, 6.45) is 1.88. The van der Waals surface area contributed by atoms with Crippen LogP contribution >= 0.6 is 0 Å². The molecule has 0 saturated heterocycles. The van der Waals surface area contributed by atoms with Gasteiger partial charge in [-0.25, -0.2) is 4.79 Å². The van der Waals surface area contributed by atoms with E-state index >= 15 is 0 Å². The highest BCUT2D eigenvalue weighted by Gasteiger charge is 2.09. The number of esters is 1. The van der Waals surface area contributed by atoms with Gasteiger partial charge in [-0.05, 0) is 47.9 Å². The highest BCUT2D eigenvalue weighted by atomic mass is 16.5. The molecule has 134 valence electrons. The van der Waals surface area contributed by atoms with E-state index in [2.05, 4.69) is 29.6 Å². The fourth-order valence-corrected chi connectivity index (χ4v) is 2.82. The van der Waals surface area contributed by atoms with Gasteiger partial charge >= 0.3 is 5.97 Å². The Labute approximate surface area is 153 Å². The summed E-state index contributed by atoms with van der Waals surface area (Å²) < 4.78 is 10.6. The van der Waals surface area contributed by atoms with Crippen LogP contribution in [0.1, 0.15) is 23.2 Å². The van der Waals surface area contributed by atoms with Gasteiger partial charge < -0.3 is 14.8 Å². The minimum absolute atomic E-state index is 0.326. The van der Waals surface area contributed by atoms with Crippen molar-refractivity contribution in [3.8, 4) is 5.75 Å². The molecule has 4 nitrogen and oxygen atoms in total. The lowest BCUT2D eigenvalue weighted by molar-refractivity contribution is 0.0602. The highest BCUT2D eigenvalue weighted by Crippen LogP contribution is 2.21. The molecule has 0 aliphatic rings. The molecular formula is C22H23NO3. The van der Waals surface area contributed by atoms with Crippen molar-refractivity contribution in [3.05, 3.63) is 72.3 Å². The molecular weight excluding hydrogens is 326 g/mol. The second kappa shape index (κ2) is 8.90. The average Bonchev–Trinajstić information content (AvgIpc) is 2.70. The van der Waals surface area contributed by atoms with E-state index < -0.39 is 0 Å². The Balaban J connectivity index is 1.42. The van der Waals surface area contributed by atoms with Crippen LogP contribution in [0, 0.1) is 0 Å². The molecule has 0 aliphatic heterocycles. The molecule has 0 atom stereocenters. The van der Waals surface area contributed by atoms with Crippen LogP contribution in [0.3, 0.4) is 0 Å². The van der Waals surface area contributed by atoms with Crippen molar-refractivity contribution in [2.45, 2.75) is 12.8 Å². The van der Waals surface area contributed by atoms with E-state index in [0.717, 1.165) is 30.8 Å². The number of para-hydroxylation sites is 1. The van der Waals surface area contributed by atoms with E-state index in [1.54, 1.807) is 6.07 Å². The topological polar surface area (TPSA) is 47.6 Å². The van der Waals surface area contributed by atoms with Gasteiger partial charge in [0.1, 0.15) is 5.75 Å². The predicted octanol–water partition coefficient (Wildman–Crippen LogP) is 4.90. The number of benzene rings is 3. The number of hydrogen-bond donors (Lipinski definition) is 1. The van der Waals surface area contributed by atoms with Crippen molar-refractivity contribution in [2.75, 3.05) is 25.6 Å². The largest absolute Gasteiger partial charge is 0.494 e. The molecule has 4 heteroatoms. The first-order chi connectivity index (χ1) is 12.8. The maximum absolute atomic E-state index is 11.7. The van der Waals surface area contributed by atoms with Gasteiger partial charge in [-0.1, -0.05) is 42.5 Å². The molecule has 3 aromatic rings. The first-order valence-electron chi connectivity index (χ1n) is 8.81. The number of methoxy groups -OCH3 is 1. The Bertz CT molecular complexity index is 876. The van der Waals surface area contributed by atoms with Crippen LogP contribution in [-0.2, 0) is 4.74 Å². The SMILES string of the molecule is COC(=O)c1ccccc1NCCCCOc1ccc2ccccc2c1. The summed E-state index contributed by atoms with van der Waals surface area (Å²) in [6.45, 7) is 1.44. The van der Waals surface area contributed by atoms with E-state index in [9.17, 15) is 4.79 Å². The number of nitrogens with one attached hydrogen (secondary N) is 1. The van der Waals surface area contributed by atoms with Crippen LogP contribution in [0.15, 0.2) is 66.7 Å². The lowest BCUT2D eigenvalue weighted by Gasteiger charge is -2.11. The van der Waals surface area contributed by atoms with Gasteiger partial charge in [-0.3, -0.25) is 0 Å². The van der Waals surface area contributed by atoms with Crippen molar-refractivity contribution >= 4 is 22.4 Å². The summed E-state index contributed by atoms with van der Waals surface area (Å²) in [5, 5.41) is 5.70. The Morgan fingerprint density at radius 3 is 2.54 bits per heavy atom. The third-order valence-electron chi connectivity index (χ3n) is 4.21. The molecule has 0 saturated carbocycles. The van der Waals surface area contributed by atoms with E-state index in [-0.39, 0.29) is 5.97 Å². The van der Waals surface area contributed by atoms with Crippen molar-refractivity contribution in [1.29, 1.82) is 0 Å². The van der Waals surface area contributed by atoms with Crippen molar-refractivity contribution < 1.29 is 14.3 Å². The summed E-state index contributed by atoms with van der Waals surface area (Å²) in [4.78, 5) is 11.7. The van der Waals surface area contributed by atoms with Crippen LogP contribution in [0.4, 0.5) is 5.69 Å². The minimum Gasteiger partial charge on any atom is -0.494 e. The minimum atomic E-state index is -0.326. The van der Waals surface area contributed by atoms with Crippen molar-refractivity contribution in [3.63, 3.8) is 0 Å². The summed E-state index contributed by atoms with van der Waals surface area (Å²) in [5.74, 6) is 0.570. The predicted molar refractivity (Wildman–Crippen MR) is 105 cm³/mol. The Morgan fingerprint density at radius 2 is 1.69 bits per heavy atom. The molecule has 0 aromatic heterocycles. The molecule has 26 heavy (non-hydrogen) atoms. The van der Waals surface area contributed by atoms with Crippen LogP contribution < -0.4 is 10.1 Å². The van der Waals surface area contributed by atoms with Gasteiger partial charge in [-0.2, -0.15) is 0 Å². The summed E-state index contributed by atoms with van der Waals surface area (Å²) in [5.41, 5.74) is 1.36. The Morgan fingerprint density at radius 1 is 0.923 bits per heavy atom. The average molecular weight is 349 g/mol. The van der Waals surface area contributed by atoms with Gasteiger partial charge in [0.15, 0.2) is 0 Å². The molecule has 1 N–H and O–H groups in total. The second-order valence-electron chi connectivity index (χ2n) is 6.03. The molecule has 0 radical (unpaired) electrons. The first kappa shape index (κ1) is 17.8. The lowest BCUT2D eigenvalue weighted by atomic mass is 10.1. The molecule has 0 fully saturated rings. The molecule has 3 rings (SSSR count). The molecule has 0 heterocycles. The number of fused-ring (bicyclic) bond motifs is 1. The molecule has 0 unspecified atom stereocenters. The van der Waals surface area contributed by atoms with Crippen LogP contribution in [0.2, 0.25) is 0 Å². The molecule has 3 aromatic carbocycles. The molecule has 0 aliphatic carbocycles. The molecule has 0 bridgehead atoms. The van der Waals surface area contributed by atoms with Crippen molar-refractivity contribution in [2.24, 2.45) is 0 Å². The fraction of sp³-hybridized carbons (Fsp3) is 0.227. The number of anilines is 1. The summed E-state index contributed by atoms with van der Waals surface area (Å²) in [7, 11) is 1.39. The van der Waals surface area contributed by atoms with Crippen molar-refractivity contribution in [1.82, 2.24) is 0 Å². The van der Waals surface area contributed by atoms with E-state index in [0.29, 0.717) is 12.2 Å². The quantitative estimate of drug-likeness (QED) is 0.464. The van der Waals surface area contributed by atoms with Gasteiger partial charge in [0, 0.05) is 12.2 Å². The van der Waals surface area contributed by atoms with Crippen LogP contribution in [-0.4, -0.2) is 26.2 Å². The zero-order valence-electron chi connectivity index (χ0n) is 14.9. The maximum atomic E-state index is 11.7. The van der Waals surface area contributed by atoms with Gasteiger partial charge in [0.05, 0.1) is 19.3 Å². The third-order valence-corrected chi connectivity index (χ3v) is 4.21. The third kappa shape index (κ3) is 4.54. The standard InChI is InChI=1S/C22H23NO3/c1-25-22(24)20-10-4-5-11-21(20)23-14-6-7-15-26-19-13-12-17-8-2-3-9-18(17)16-19/h2-5,8-13,16,23H,6-7,14-15H2,1H3. The number of hydrogen-bond acceptors (Lipinski definition) is 4. The number of carbonyl (C=O) groups excluding carboxylic acids is 1. The first-order valence-corrected chi connectivity index (χ1v) is 8.81. The molecule has 0 spiro atoms. The van der Waals surface area contributed by atoms with Gasteiger partial charge in [-0.15, -0.1) is 0 Å². The zero-order valence-corrected chi connectivity index (χ0v) is 14.9. The number of unbranched alkanes of at least 4 members (excludes halogenated alkanes) is 1. The summed E-state index contributed by atoms with van der Waals surface area (Å²) >= 11 is 0. The molecule has 0 amide bonds. The van der Waals surface area contributed by atoms with Gasteiger partial charge in [0.25, 0.3) is 0 Å². The highest BCUT2D eigenvalue weighted by molar-refractivity contribution is 5.95. The zero-order chi connectivity index (χ0) is 18.2. The monoisotopic (exact) mass is 349 g/mol.